The van der Waals surface area contributed by atoms with Gasteiger partial charge in [-0.15, -0.1) is 0 Å². The van der Waals surface area contributed by atoms with Crippen molar-refractivity contribution in [2.75, 3.05) is 32.6 Å². The van der Waals surface area contributed by atoms with E-state index in [1.807, 2.05) is 0 Å². The van der Waals surface area contributed by atoms with Gasteiger partial charge in [0, 0.05) is 20.3 Å². The van der Waals surface area contributed by atoms with E-state index < -0.39 is 10.0 Å². The van der Waals surface area contributed by atoms with Gasteiger partial charge in [-0.05, 0) is 19.4 Å². The summed E-state index contributed by atoms with van der Waals surface area (Å²) < 4.78 is 29.6. The molecule has 5 nitrogen and oxygen atoms in total. The molecule has 0 aliphatic heterocycles. The second-order valence-electron chi connectivity index (χ2n) is 2.70. The first-order valence-corrected chi connectivity index (χ1v) is 5.94. The monoisotopic (exact) mass is 210 g/mol. The molecule has 0 saturated heterocycles. The van der Waals surface area contributed by atoms with E-state index in [1.54, 1.807) is 7.11 Å². The minimum atomic E-state index is -3.11. The number of nitrogens with one attached hydrogen (secondary N) is 1. The van der Waals surface area contributed by atoms with Crippen LogP contribution < -0.4 is 10.5 Å². The molecule has 0 amide bonds. The molecule has 0 fully saturated rings. The first-order valence-electron chi connectivity index (χ1n) is 4.28. The van der Waals surface area contributed by atoms with Gasteiger partial charge in [0.1, 0.15) is 0 Å². The van der Waals surface area contributed by atoms with E-state index in [0.717, 1.165) is 0 Å². The highest BCUT2D eigenvalue weighted by Gasteiger charge is 2.07. The Hall–Kier alpha value is -0.170. The quantitative estimate of drug-likeness (QED) is 0.519. The standard InChI is InChI=1S/C7H18N2O3S/c1-12-6-3-7-13(10,11)9-5-2-4-8/h9H,2-8H2,1H3. The van der Waals surface area contributed by atoms with Crippen LogP contribution in [0.15, 0.2) is 0 Å². The van der Waals surface area contributed by atoms with Crippen LogP contribution in [-0.4, -0.2) is 41.0 Å². The van der Waals surface area contributed by atoms with Crippen LogP contribution in [0.4, 0.5) is 0 Å². The predicted molar refractivity (Wildman–Crippen MR) is 52.0 cm³/mol. The largest absolute Gasteiger partial charge is 0.385 e. The van der Waals surface area contributed by atoms with Crippen molar-refractivity contribution >= 4 is 10.0 Å². The highest BCUT2D eigenvalue weighted by atomic mass is 32.2. The fourth-order valence-electron chi connectivity index (χ4n) is 0.795. The SMILES string of the molecule is COCCCS(=O)(=O)NCCCN. The summed E-state index contributed by atoms with van der Waals surface area (Å²) in [5, 5.41) is 0. The van der Waals surface area contributed by atoms with Crippen molar-refractivity contribution in [2.24, 2.45) is 5.73 Å². The summed E-state index contributed by atoms with van der Waals surface area (Å²) in [6.07, 6.45) is 1.19. The molecule has 0 aromatic heterocycles. The molecule has 6 heteroatoms. The van der Waals surface area contributed by atoms with E-state index in [1.165, 1.54) is 0 Å². The van der Waals surface area contributed by atoms with Crippen LogP contribution in [0.5, 0.6) is 0 Å². The Kier molecular flexibility index (Phi) is 7.16. The normalized spacial score (nSPS) is 11.8. The second-order valence-corrected chi connectivity index (χ2v) is 4.63. The molecular formula is C7H18N2O3S. The summed E-state index contributed by atoms with van der Waals surface area (Å²) in [7, 11) is -1.56. The molecule has 0 aromatic carbocycles. The fourth-order valence-corrected chi connectivity index (χ4v) is 1.89. The van der Waals surface area contributed by atoms with Crippen LogP contribution in [0.2, 0.25) is 0 Å². The Bertz CT molecular complexity index is 188. The number of hydrogen-bond acceptors (Lipinski definition) is 4. The van der Waals surface area contributed by atoms with Gasteiger partial charge in [0.15, 0.2) is 0 Å². The van der Waals surface area contributed by atoms with Crippen molar-refractivity contribution in [3.8, 4) is 0 Å². The molecule has 0 aliphatic carbocycles. The Labute approximate surface area is 79.7 Å². The molecular weight excluding hydrogens is 192 g/mol. The van der Waals surface area contributed by atoms with Gasteiger partial charge in [-0.1, -0.05) is 0 Å². The van der Waals surface area contributed by atoms with Gasteiger partial charge in [0.25, 0.3) is 0 Å². The van der Waals surface area contributed by atoms with Gasteiger partial charge < -0.3 is 10.5 Å². The molecule has 0 bridgehead atoms. The molecule has 13 heavy (non-hydrogen) atoms. The number of sulfonamides is 1. The highest BCUT2D eigenvalue weighted by Crippen LogP contribution is 1.90. The molecule has 3 N–H and O–H groups in total. The molecule has 0 atom stereocenters. The van der Waals surface area contributed by atoms with Crippen molar-refractivity contribution in [3.63, 3.8) is 0 Å². The average molecular weight is 210 g/mol. The lowest BCUT2D eigenvalue weighted by atomic mass is 10.4. The molecule has 0 unspecified atom stereocenters. The maximum Gasteiger partial charge on any atom is 0.211 e. The number of ether oxygens (including phenoxy) is 1. The van der Waals surface area contributed by atoms with Crippen LogP contribution in [-0.2, 0) is 14.8 Å². The van der Waals surface area contributed by atoms with Gasteiger partial charge in [-0.25, -0.2) is 13.1 Å². The number of nitrogens with two attached hydrogens (primary N) is 1. The Morgan fingerprint density at radius 3 is 2.62 bits per heavy atom. The first-order chi connectivity index (χ1) is 6.12. The maximum absolute atomic E-state index is 11.2. The van der Waals surface area contributed by atoms with Crippen molar-refractivity contribution in [1.29, 1.82) is 0 Å². The number of rotatable bonds is 8. The average Bonchev–Trinajstić information content (AvgIpc) is 2.05. The molecule has 0 aromatic rings. The topological polar surface area (TPSA) is 81.4 Å². The molecule has 0 saturated carbocycles. The lowest BCUT2D eigenvalue weighted by Gasteiger charge is -2.04. The van der Waals surface area contributed by atoms with Crippen molar-refractivity contribution in [3.05, 3.63) is 0 Å². The Balaban J connectivity index is 3.55. The van der Waals surface area contributed by atoms with E-state index in [4.69, 9.17) is 10.5 Å². The van der Waals surface area contributed by atoms with Crippen molar-refractivity contribution in [2.45, 2.75) is 12.8 Å². The van der Waals surface area contributed by atoms with Crippen LogP contribution in [0.3, 0.4) is 0 Å². The lowest BCUT2D eigenvalue weighted by molar-refractivity contribution is 0.199. The third-order valence-electron chi connectivity index (χ3n) is 1.46. The van der Waals surface area contributed by atoms with E-state index >= 15 is 0 Å². The summed E-state index contributed by atoms with van der Waals surface area (Å²) in [5.41, 5.74) is 5.22. The number of methoxy groups -OCH3 is 1. The second kappa shape index (κ2) is 7.25. The molecule has 0 radical (unpaired) electrons. The van der Waals surface area contributed by atoms with Gasteiger partial charge >= 0.3 is 0 Å². The predicted octanol–water partition coefficient (Wildman–Crippen LogP) is -0.709. The Morgan fingerprint density at radius 1 is 1.38 bits per heavy atom. The summed E-state index contributed by atoms with van der Waals surface area (Å²) in [5.74, 6) is 0.116. The zero-order valence-corrected chi connectivity index (χ0v) is 8.77. The third kappa shape index (κ3) is 8.17. The molecule has 0 spiro atoms. The smallest absolute Gasteiger partial charge is 0.211 e. The minimum Gasteiger partial charge on any atom is -0.385 e. The first kappa shape index (κ1) is 12.8. The summed E-state index contributed by atoms with van der Waals surface area (Å²) in [4.78, 5) is 0. The van der Waals surface area contributed by atoms with E-state index in [-0.39, 0.29) is 5.75 Å². The van der Waals surface area contributed by atoms with Crippen molar-refractivity contribution in [1.82, 2.24) is 4.72 Å². The highest BCUT2D eigenvalue weighted by molar-refractivity contribution is 7.89. The Morgan fingerprint density at radius 2 is 2.08 bits per heavy atom. The van der Waals surface area contributed by atoms with Crippen LogP contribution in [0.25, 0.3) is 0 Å². The van der Waals surface area contributed by atoms with Gasteiger partial charge in [0.2, 0.25) is 10.0 Å². The van der Waals surface area contributed by atoms with E-state index in [2.05, 4.69) is 4.72 Å². The van der Waals surface area contributed by atoms with Gasteiger partial charge in [-0.2, -0.15) is 0 Å². The summed E-state index contributed by atoms with van der Waals surface area (Å²) in [6.45, 7) is 1.39. The number of hydrogen-bond donors (Lipinski definition) is 2. The van der Waals surface area contributed by atoms with Crippen LogP contribution in [0, 0.1) is 0 Å². The molecule has 0 rings (SSSR count). The summed E-state index contributed by atoms with van der Waals surface area (Å²) in [6, 6.07) is 0. The molecule has 0 aliphatic rings. The zero-order valence-electron chi connectivity index (χ0n) is 7.95. The van der Waals surface area contributed by atoms with Crippen molar-refractivity contribution < 1.29 is 13.2 Å². The maximum atomic E-state index is 11.2. The lowest BCUT2D eigenvalue weighted by Crippen LogP contribution is -2.28. The van der Waals surface area contributed by atoms with E-state index in [0.29, 0.717) is 32.5 Å². The fraction of sp³-hybridized carbons (Fsp3) is 1.00. The molecule has 80 valence electrons. The zero-order chi connectivity index (χ0) is 10.2. The van der Waals surface area contributed by atoms with Crippen LogP contribution >= 0.6 is 0 Å². The third-order valence-corrected chi connectivity index (χ3v) is 2.93. The molecule has 0 heterocycles. The minimum absolute atomic E-state index is 0.116. The summed E-state index contributed by atoms with van der Waals surface area (Å²) >= 11 is 0. The van der Waals surface area contributed by atoms with Gasteiger partial charge in [0.05, 0.1) is 5.75 Å². The van der Waals surface area contributed by atoms with Crippen LogP contribution in [0.1, 0.15) is 12.8 Å². The van der Waals surface area contributed by atoms with Gasteiger partial charge in [-0.3, -0.25) is 0 Å². The van der Waals surface area contributed by atoms with E-state index in [9.17, 15) is 8.42 Å².